The number of carbonyl (C=O) groups excluding carboxylic acids is 1. The molecule has 0 aromatic rings. The topological polar surface area (TPSA) is 94.6 Å². The van der Waals surface area contributed by atoms with E-state index in [1.165, 1.54) is 0 Å². The van der Waals surface area contributed by atoms with Crippen LogP contribution in [0.15, 0.2) is 12.7 Å². The van der Waals surface area contributed by atoms with Crippen molar-refractivity contribution in [2.45, 2.75) is 47.9 Å². The number of ether oxygens (including phenoxy) is 1. The van der Waals surface area contributed by atoms with Gasteiger partial charge in [0.05, 0.1) is 6.42 Å². The van der Waals surface area contributed by atoms with Gasteiger partial charge in [-0.2, -0.15) is 26.3 Å². The van der Waals surface area contributed by atoms with Crippen molar-refractivity contribution in [3.8, 4) is 0 Å². The van der Waals surface area contributed by atoms with Crippen LogP contribution in [0.3, 0.4) is 0 Å². The quantitative estimate of drug-likeness (QED) is 0.340. The molecular weight excluding hydrogens is 406 g/mol. The molecule has 6 nitrogen and oxygen atoms in total. The monoisotopic (exact) mass is 420 g/mol. The molecule has 1 unspecified atom stereocenters. The van der Waals surface area contributed by atoms with E-state index in [1.54, 1.807) is 0 Å². The molecule has 148 valence electrons. The maximum absolute atomic E-state index is 12.6. The Morgan fingerprint density at radius 1 is 1.04 bits per heavy atom. The number of carbonyl (C=O) groups is 1. The van der Waals surface area contributed by atoms with Crippen LogP contribution in [0.5, 0.6) is 0 Å². The first-order valence-corrected chi connectivity index (χ1v) is 9.52. The molecule has 0 saturated carbocycles. The molecule has 0 amide bonds. The number of rotatable bonds is 8. The van der Waals surface area contributed by atoms with E-state index in [-0.39, 0.29) is 0 Å². The molecule has 0 heterocycles. The molecule has 0 aliphatic carbocycles. The zero-order chi connectivity index (χ0) is 20.3. The standard InChI is InChI=1S/C11H14F6O6S2/c1-3-5-8(18)23-7(4-2)6-9(24(19,20)10(12,13)14)25(21,22)11(15,16)17/h3,7,9H,1,4-6H2,2H3. The number of halogens is 6. The van der Waals surface area contributed by atoms with E-state index in [2.05, 4.69) is 11.3 Å². The number of hydrogen-bond donors (Lipinski definition) is 0. The van der Waals surface area contributed by atoms with Crippen LogP contribution in [0.2, 0.25) is 0 Å². The molecule has 0 aliphatic rings. The van der Waals surface area contributed by atoms with Crippen LogP contribution in [-0.4, -0.2) is 44.5 Å². The van der Waals surface area contributed by atoms with Crippen molar-refractivity contribution < 1.29 is 52.7 Å². The van der Waals surface area contributed by atoms with E-state index < -0.39 is 66.6 Å². The van der Waals surface area contributed by atoms with Crippen molar-refractivity contribution in [1.29, 1.82) is 0 Å². The summed E-state index contributed by atoms with van der Waals surface area (Å²) in [6.07, 6.45) is -3.37. The van der Waals surface area contributed by atoms with Crippen molar-refractivity contribution in [1.82, 2.24) is 0 Å². The Kier molecular flexibility index (Phi) is 7.51. The van der Waals surface area contributed by atoms with Gasteiger partial charge in [-0.15, -0.1) is 6.58 Å². The minimum Gasteiger partial charge on any atom is -0.462 e. The lowest BCUT2D eigenvalue weighted by atomic mass is 10.2. The SMILES string of the molecule is C=CCC(=O)OC(CC)CC(S(=O)(=O)C(F)(F)F)S(=O)(=O)C(F)(F)F. The van der Waals surface area contributed by atoms with E-state index in [4.69, 9.17) is 0 Å². The Bertz CT molecular complexity index is 648. The molecule has 0 aromatic carbocycles. The minimum absolute atomic E-state index is 0.417. The van der Waals surface area contributed by atoms with Crippen molar-refractivity contribution in [3.05, 3.63) is 12.7 Å². The van der Waals surface area contributed by atoms with Crippen molar-refractivity contribution in [3.63, 3.8) is 0 Å². The Morgan fingerprint density at radius 2 is 1.44 bits per heavy atom. The molecule has 0 saturated heterocycles. The molecule has 14 heteroatoms. The minimum atomic E-state index is -6.75. The predicted molar refractivity (Wildman–Crippen MR) is 73.3 cm³/mol. The number of sulfone groups is 2. The first kappa shape index (κ1) is 23.7. The third-order valence-electron chi connectivity index (χ3n) is 2.86. The highest BCUT2D eigenvalue weighted by molar-refractivity contribution is 8.09. The normalized spacial score (nSPS) is 15.0. The van der Waals surface area contributed by atoms with Gasteiger partial charge in [-0.05, 0) is 6.42 Å². The van der Waals surface area contributed by atoms with Crippen LogP contribution in [0, 0.1) is 0 Å². The van der Waals surface area contributed by atoms with Gasteiger partial charge in [0.2, 0.25) is 0 Å². The third-order valence-corrected chi connectivity index (χ3v) is 7.44. The first-order valence-electron chi connectivity index (χ1n) is 6.43. The van der Waals surface area contributed by atoms with Crippen LogP contribution >= 0.6 is 0 Å². The van der Waals surface area contributed by atoms with E-state index in [1.807, 2.05) is 0 Å². The van der Waals surface area contributed by atoms with Gasteiger partial charge in [0.15, 0.2) is 4.58 Å². The van der Waals surface area contributed by atoms with Gasteiger partial charge in [-0.1, -0.05) is 13.0 Å². The summed E-state index contributed by atoms with van der Waals surface area (Å²) in [6, 6.07) is 0. The van der Waals surface area contributed by atoms with Crippen molar-refractivity contribution in [2.24, 2.45) is 0 Å². The van der Waals surface area contributed by atoms with Gasteiger partial charge < -0.3 is 4.74 Å². The van der Waals surface area contributed by atoms with Crippen molar-refractivity contribution >= 4 is 25.6 Å². The van der Waals surface area contributed by atoms with E-state index in [0.29, 0.717) is 0 Å². The van der Waals surface area contributed by atoms with Crippen LogP contribution in [0.4, 0.5) is 26.3 Å². The number of hydrogen-bond acceptors (Lipinski definition) is 6. The lowest BCUT2D eigenvalue weighted by Gasteiger charge is -2.24. The van der Waals surface area contributed by atoms with Gasteiger partial charge >= 0.3 is 17.0 Å². The summed E-state index contributed by atoms with van der Waals surface area (Å²) in [7, 11) is -13.5. The fraction of sp³-hybridized carbons (Fsp3) is 0.727. The second-order valence-corrected chi connectivity index (χ2v) is 9.20. The molecule has 0 fully saturated rings. The molecule has 0 aromatic heterocycles. The smallest absolute Gasteiger partial charge is 0.462 e. The molecule has 0 aliphatic heterocycles. The summed E-state index contributed by atoms with van der Waals surface area (Å²) >= 11 is 0. The highest BCUT2D eigenvalue weighted by atomic mass is 32.3. The fourth-order valence-corrected chi connectivity index (χ4v) is 5.10. The van der Waals surface area contributed by atoms with E-state index >= 15 is 0 Å². The van der Waals surface area contributed by atoms with Crippen molar-refractivity contribution in [2.75, 3.05) is 0 Å². The molecule has 0 N–H and O–H groups in total. The Labute approximate surface area is 139 Å². The Hall–Kier alpha value is -1.31. The first-order chi connectivity index (χ1) is 11.0. The molecule has 0 radical (unpaired) electrons. The summed E-state index contributed by atoms with van der Waals surface area (Å²) in [4.78, 5) is 11.3. The van der Waals surface area contributed by atoms with Crippen LogP contribution < -0.4 is 0 Å². The zero-order valence-electron chi connectivity index (χ0n) is 12.6. The van der Waals surface area contributed by atoms with Gasteiger partial charge in [0.1, 0.15) is 6.10 Å². The molecule has 0 spiro atoms. The summed E-state index contributed by atoms with van der Waals surface area (Å²) in [6.45, 7) is 4.30. The van der Waals surface area contributed by atoms with E-state index in [9.17, 15) is 48.0 Å². The van der Waals surface area contributed by atoms with Gasteiger partial charge in [0, 0.05) is 6.42 Å². The van der Waals surface area contributed by atoms with Crippen LogP contribution in [0.1, 0.15) is 26.2 Å². The van der Waals surface area contributed by atoms with Crippen LogP contribution in [0.25, 0.3) is 0 Å². The molecular formula is C11H14F6O6S2. The second-order valence-electron chi connectivity index (χ2n) is 4.66. The summed E-state index contributed by atoms with van der Waals surface area (Å²) in [5.41, 5.74) is -12.5. The third kappa shape index (κ3) is 5.59. The average Bonchev–Trinajstić information content (AvgIpc) is 2.40. The van der Waals surface area contributed by atoms with Crippen LogP contribution in [-0.2, 0) is 29.2 Å². The maximum atomic E-state index is 12.6. The highest BCUT2D eigenvalue weighted by Gasteiger charge is 2.63. The summed E-state index contributed by atoms with van der Waals surface area (Å²) in [5, 5.41) is 0. The fourth-order valence-electron chi connectivity index (χ4n) is 1.58. The second kappa shape index (κ2) is 7.93. The predicted octanol–water partition coefficient (Wildman–Crippen LogP) is 2.47. The molecule has 25 heavy (non-hydrogen) atoms. The zero-order valence-corrected chi connectivity index (χ0v) is 14.2. The largest absolute Gasteiger partial charge is 0.498 e. The van der Waals surface area contributed by atoms with Gasteiger partial charge in [0.25, 0.3) is 19.7 Å². The summed E-state index contributed by atoms with van der Waals surface area (Å²) in [5.74, 6) is -1.12. The number of alkyl halides is 6. The highest BCUT2D eigenvalue weighted by Crippen LogP contribution is 2.38. The lowest BCUT2D eigenvalue weighted by molar-refractivity contribution is -0.148. The van der Waals surface area contributed by atoms with Gasteiger partial charge in [-0.3, -0.25) is 4.79 Å². The van der Waals surface area contributed by atoms with E-state index in [0.717, 1.165) is 13.0 Å². The molecule has 1 atom stereocenters. The molecule has 0 bridgehead atoms. The molecule has 0 rings (SSSR count). The van der Waals surface area contributed by atoms with Gasteiger partial charge in [-0.25, -0.2) is 16.8 Å². The Balaban J connectivity index is 6.02. The Morgan fingerprint density at radius 3 is 1.72 bits per heavy atom. The summed E-state index contributed by atoms with van der Waals surface area (Å²) < 4.78 is 122. The number of esters is 1. The lowest BCUT2D eigenvalue weighted by Crippen LogP contribution is -2.46. The average molecular weight is 420 g/mol. The maximum Gasteiger partial charge on any atom is 0.498 e.